The van der Waals surface area contributed by atoms with Crippen LogP contribution in [-0.2, 0) is 19.1 Å². The topological polar surface area (TPSA) is 80.7 Å². The van der Waals surface area contributed by atoms with Gasteiger partial charge in [-0.25, -0.2) is 0 Å². The number of carbonyl (C=O) groups is 3. The summed E-state index contributed by atoms with van der Waals surface area (Å²) in [6, 6.07) is 0. The number of esters is 1. The minimum absolute atomic E-state index is 0.0746. The third-order valence-electron chi connectivity index (χ3n) is 9.14. The zero-order valence-electron chi connectivity index (χ0n) is 19.8. The molecular weight excluding hydrogens is 463 g/mol. The fourth-order valence-corrected chi connectivity index (χ4v) is 8.75. The van der Waals surface area contributed by atoms with Crippen LogP contribution in [0.25, 0.3) is 0 Å². The molecule has 0 aromatic carbocycles. The highest BCUT2D eigenvalue weighted by atomic mass is 35.5. The number of hydrogen-bond donors (Lipinski definition) is 1. The Balaban J connectivity index is 1.67. The van der Waals surface area contributed by atoms with Gasteiger partial charge in [-0.15, -0.1) is 23.2 Å². The number of Topliss-reactive ketones (excluding diaryl/α,β-unsaturated/α-hetero) is 1. The highest BCUT2D eigenvalue weighted by Crippen LogP contribution is 2.71. The van der Waals surface area contributed by atoms with Gasteiger partial charge in [-0.2, -0.15) is 0 Å². The smallest absolute Gasteiger partial charge is 0.306 e. The van der Waals surface area contributed by atoms with Crippen molar-refractivity contribution in [3.63, 3.8) is 0 Å². The average molecular weight is 497 g/mol. The van der Waals surface area contributed by atoms with Crippen LogP contribution in [0.3, 0.4) is 0 Å². The molecule has 0 radical (unpaired) electrons. The zero-order valence-corrected chi connectivity index (χ0v) is 21.3. The van der Waals surface area contributed by atoms with Gasteiger partial charge in [0.05, 0.1) is 16.4 Å². The van der Waals surface area contributed by atoms with Crippen molar-refractivity contribution in [2.45, 2.75) is 76.2 Å². The SMILES string of the molecule is CCCC(=O)OCC(=O)[C@H]1C(C)C[C@H]2[C@@H]3CC(Cl)C4=CC(=O)C=C[C@]4(C)[C@@]3(Cl)C(O)C[C@]12C. The summed E-state index contributed by atoms with van der Waals surface area (Å²) in [4.78, 5) is 36.2. The number of allylic oxidation sites excluding steroid dienone is 4. The summed E-state index contributed by atoms with van der Waals surface area (Å²) in [6.07, 6.45) is 6.72. The van der Waals surface area contributed by atoms with Crippen molar-refractivity contribution < 1.29 is 24.2 Å². The van der Waals surface area contributed by atoms with Crippen LogP contribution in [0.5, 0.6) is 0 Å². The first-order valence-electron chi connectivity index (χ1n) is 12.0. The number of aliphatic hydroxyl groups is 1. The van der Waals surface area contributed by atoms with Crippen molar-refractivity contribution in [3.8, 4) is 0 Å². The normalized spacial score (nSPS) is 46.2. The van der Waals surface area contributed by atoms with Crippen LogP contribution in [0.2, 0.25) is 0 Å². The second-order valence-electron chi connectivity index (χ2n) is 11.0. The molecule has 0 spiro atoms. The number of ketones is 2. The summed E-state index contributed by atoms with van der Waals surface area (Å²) >= 11 is 14.3. The van der Waals surface area contributed by atoms with Gasteiger partial charge < -0.3 is 9.84 Å². The maximum Gasteiger partial charge on any atom is 0.306 e. The van der Waals surface area contributed by atoms with Crippen LogP contribution in [0.15, 0.2) is 23.8 Å². The molecule has 0 aromatic heterocycles. The summed E-state index contributed by atoms with van der Waals surface area (Å²) in [6.45, 7) is 7.78. The van der Waals surface area contributed by atoms with E-state index in [0.29, 0.717) is 25.7 Å². The summed E-state index contributed by atoms with van der Waals surface area (Å²) in [5.41, 5.74) is -0.454. The molecule has 0 amide bonds. The molecule has 0 heterocycles. The number of halogens is 2. The predicted octanol–water partition coefficient (Wildman–Crippen LogP) is 4.62. The Morgan fingerprint density at radius 3 is 2.61 bits per heavy atom. The molecule has 5 nitrogen and oxygen atoms in total. The number of alkyl halides is 2. The van der Waals surface area contributed by atoms with E-state index in [4.69, 9.17) is 27.9 Å². The Hall–Kier alpha value is -1.17. The highest BCUT2D eigenvalue weighted by molar-refractivity contribution is 6.28. The molecular formula is C26H34Cl2O5. The maximum absolute atomic E-state index is 13.3. The van der Waals surface area contributed by atoms with E-state index in [9.17, 15) is 19.5 Å². The zero-order chi connectivity index (χ0) is 24.3. The van der Waals surface area contributed by atoms with Crippen molar-refractivity contribution in [3.05, 3.63) is 23.8 Å². The standard InChI is InChI=1S/C26H34Cl2O5/c1-5-6-22(32)33-13-20(30)23-14(2)9-16-17-11-19(27)18-10-15(29)7-8-25(18,4)26(17,28)21(31)12-24(16,23)3/h7-8,10,14,16-17,19,21,23,31H,5-6,9,11-13H2,1-4H3/t14?,16-,17-,19?,21?,23+,24-,25-,26-/m0/s1. The Labute approximate surface area is 205 Å². The van der Waals surface area contributed by atoms with E-state index in [2.05, 4.69) is 13.8 Å². The Kier molecular flexibility index (Phi) is 6.42. The van der Waals surface area contributed by atoms with Crippen molar-refractivity contribution in [1.82, 2.24) is 0 Å². The van der Waals surface area contributed by atoms with Gasteiger partial charge in [0.15, 0.2) is 11.6 Å². The minimum Gasteiger partial charge on any atom is -0.458 e. The average Bonchev–Trinajstić information content (AvgIpc) is 3.00. The third-order valence-corrected chi connectivity index (χ3v) is 10.5. The molecule has 33 heavy (non-hydrogen) atoms. The molecule has 0 aliphatic heterocycles. The monoisotopic (exact) mass is 496 g/mol. The van der Waals surface area contributed by atoms with Crippen LogP contribution >= 0.6 is 23.2 Å². The summed E-state index contributed by atoms with van der Waals surface area (Å²) in [5.74, 6) is -0.845. The summed E-state index contributed by atoms with van der Waals surface area (Å²) in [7, 11) is 0. The lowest BCUT2D eigenvalue weighted by Crippen LogP contribution is -2.67. The lowest BCUT2D eigenvalue weighted by Gasteiger charge is -2.64. The molecule has 182 valence electrons. The van der Waals surface area contributed by atoms with Crippen LogP contribution < -0.4 is 0 Å². The van der Waals surface area contributed by atoms with E-state index >= 15 is 0 Å². The van der Waals surface area contributed by atoms with Crippen molar-refractivity contribution in [2.24, 2.45) is 34.5 Å². The number of carbonyl (C=O) groups excluding carboxylic acids is 3. The molecule has 7 heteroatoms. The second kappa shape index (κ2) is 8.49. The van der Waals surface area contributed by atoms with Crippen molar-refractivity contribution >= 4 is 40.7 Å². The van der Waals surface area contributed by atoms with E-state index < -0.39 is 21.8 Å². The predicted molar refractivity (Wildman–Crippen MR) is 127 cm³/mol. The number of hydrogen-bond acceptors (Lipinski definition) is 5. The lowest BCUT2D eigenvalue weighted by atomic mass is 9.46. The van der Waals surface area contributed by atoms with E-state index in [0.717, 1.165) is 12.0 Å². The molecule has 4 aliphatic rings. The van der Waals surface area contributed by atoms with Crippen LogP contribution in [0.4, 0.5) is 0 Å². The molecule has 3 unspecified atom stereocenters. The molecule has 0 saturated heterocycles. The van der Waals surface area contributed by atoms with E-state index in [1.807, 2.05) is 19.9 Å². The molecule has 3 fully saturated rings. The van der Waals surface area contributed by atoms with Gasteiger partial charge in [-0.05, 0) is 66.6 Å². The second-order valence-corrected chi connectivity index (χ2v) is 12.2. The number of rotatable bonds is 5. The van der Waals surface area contributed by atoms with Gasteiger partial charge in [0.25, 0.3) is 0 Å². The number of ether oxygens (including phenoxy) is 1. The first kappa shape index (κ1) is 24.9. The molecule has 4 rings (SSSR count). The van der Waals surface area contributed by atoms with Crippen molar-refractivity contribution in [2.75, 3.05) is 6.61 Å². The fourth-order valence-electron chi connectivity index (χ4n) is 7.77. The van der Waals surface area contributed by atoms with E-state index in [1.165, 1.54) is 6.08 Å². The van der Waals surface area contributed by atoms with Gasteiger partial charge in [0.2, 0.25) is 0 Å². The van der Waals surface area contributed by atoms with Gasteiger partial charge in [-0.1, -0.05) is 33.8 Å². The summed E-state index contributed by atoms with van der Waals surface area (Å²) in [5, 5.41) is 11.2. The fraction of sp³-hybridized carbons (Fsp3) is 0.731. The molecule has 0 aromatic rings. The van der Waals surface area contributed by atoms with Gasteiger partial charge in [-0.3, -0.25) is 14.4 Å². The first-order chi connectivity index (χ1) is 15.4. The van der Waals surface area contributed by atoms with Gasteiger partial charge in [0, 0.05) is 17.8 Å². The Morgan fingerprint density at radius 1 is 1.24 bits per heavy atom. The number of aliphatic hydroxyl groups excluding tert-OH is 1. The third kappa shape index (κ3) is 3.56. The largest absolute Gasteiger partial charge is 0.458 e. The van der Waals surface area contributed by atoms with Crippen LogP contribution in [0, 0.1) is 34.5 Å². The van der Waals surface area contributed by atoms with E-state index in [-0.39, 0.29) is 53.2 Å². The van der Waals surface area contributed by atoms with Crippen LogP contribution in [0.1, 0.15) is 59.8 Å². The molecule has 3 saturated carbocycles. The lowest BCUT2D eigenvalue weighted by molar-refractivity contribution is -0.153. The van der Waals surface area contributed by atoms with E-state index in [1.54, 1.807) is 6.08 Å². The van der Waals surface area contributed by atoms with Crippen molar-refractivity contribution in [1.29, 1.82) is 0 Å². The molecule has 9 atom stereocenters. The first-order valence-corrected chi connectivity index (χ1v) is 12.9. The highest BCUT2D eigenvalue weighted by Gasteiger charge is 2.71. The van der Waals surface area contributed by atoms with Gasteiger partial charge in [0.1, 0.15) is 6.61 Å². The molecule has 4 aliphatic carbocycles. The Bertz CT molecular complexity index is 928. The quantitative estimate of drug-likeness (QED) is 0.443. The maximum atomic E-state index is 13.3. The Morgan fingerprint density at radius 2 is 1.94 bits per heavy atom. The molecule has 0 bridgehead atoms. The van der Waals surface area contributed by atoms with Gasteiger partial charge >= 0.3 is 5.97 Å². The molecule has 1 N–H and O–H groups in total. The van der Waals surface area contributed by atoms with Crippen LogP contribution in [-0.4, -0.2) is 45.6 Å². The summed E-state index contributed by atoms with van der Waals surface area (Å²) < 4.78 is 5.25. The minimum atomic E-state index is -1.02. The number of fused-ring (bicyclic) bond motifs is 5.